The highest BCUT2D eigenvalue weighted by molar-refractivity contribution is 6.27. The van der Waals surface area contributed by atoms with Gasteiger partial charge in [-0.3, -0.25) is 9.69 Å². The zero-order valence-electron chi connectivity index (χ0n) is 18.0. The number of amides is 1. The minimum atomic E-state index is -1.82. The maximum atomic E-state index is 12.9. The zero-order valence-corrected chi connectivity index (χ0v) is 18.0. The second-order valence-electron chi connectivity index (χ2n) is 7.51. The highest BCUT2D eigenvalue weighted by Crippen LogP contribution is 2.22. The molecule has 1 fully saturated rings. The van der Waals surface area contributed by atoms with Crippen molar-refractivity contribution in [2.24, 2.45) is 5.92 Å². The number of carbonyl (C=O) groups excluding carboxylic acids is 1. The summed E-state index contributed by atoms with van der Waals surface area (Å²) in [5.41, 5.74) is 1.20. The van der Waals surface area contributed by atoms with E-state index < -0.39 is 11.9 Å². The molecule has 2 aromatic rings. The number of carboxylic acid groups (broad SMARTS) is 2. The van der Waals surface area contributed by atoms with Crippen LogP contribution in [-0.4, -0.2) is 57.5 Å². The van der Waals surface area contributed by atoms with Gasteiger partial charge in [0.1, 0.15) is 11.5 Å². The highest BCUT2D eigenvalue weighted by Gasteiger charge is 2.28. The molecule has 2 N–H and O–H groups in total. The number of furan rings is 1. The Labute approximate surface area is 182 Å². The first kappa shape index (κ1) is 24.1. The molecule has 1 saturated heterocycles. The molecule has 8 heteroatoms. The van der Waals surface area contributed by atoms with Gasteiger partial charge < -0.3 is 19.5 Å². The molecule has 2 heterocycles. The van der Waals surface area contributed by atoms with Crippen LogP contribution in [0.15, 0.2) is 46.9 Å². The molecule has 31 heavy (non-hydrogen) atoms. The van der Waals surface area contributed by atoms with E-state index in [9.17, 15) is 4.79 Å². The van der Waals surface area contributed by atoms with Crippen LogP contribution in [0.4, 0.5) is 0 Å². The molecular weight excluding hydrogens is 400 g/mol. The number of nitrogens with zero attached hydrogens (tertiary/aromatic N) is 2. The SMILES string of the molecule is CCN(Cc1ccccc1)C(=O)C1CCN(Cc2ccc(C)o2)CC1.O=C(O)C(=O)O. The molecule has 0 unspecified atom stereocenters. The van der Waals surface area contributed by atoms with Crippen molar-refractivity contribution in [3.63, 3.8) is 0 Å². The van der Waals surface area contributed by atoms with E-state index in [0.717, 1.165) is 50.5 Å². The first-order valence-electron chi connectivity index (χ1n) is 10.4. The summed E-state index contributed by atoms with van der Waals surface area (Å²) in [5, 5.41) is 14.8. The number of hydrogen-bond donors (Lipinski definition) is 2. The van der Waals surface area contributed by atoms with Gasteiger partial charge in [0, 0.05) is 19.0 Å². The lowest BCUT2D eigenvalue weighted by Gasteiger charge is -2.33. The number of benzene rings is 1. The number of carboxylic acids is 2. The molecule has 1 amide bonds. The number of rotatable bonds is 6. The molecule has 168 valence electrons. The van der Waals surface area contributed by atoms with Crippen LogP contribution in [0.3, 0.4) is 0 Å². The Morgan fingerprint density at radius 3 is 2.13 bits per heavy atom. The van der Waals surface area contributed by atoms with Gasteiger partial charge in [0.25, 0.3) is 0 Å². The maximum Gasteiger partial charge on any atom is 0.414 e. The van der Waals surface area contributed by atoms with Gasteiger partial charge in [0.15, 0.2) is 0 Å². The molecule has 1 aliphatic heterocycles. The van der Waals surface area contributed by atoms with Gasteiger partial charge in [-0.1, -0.05) is 30.3 Å². The number of likely N-dealkylation sites (tertiary alicyclic amines) is 1. The Morgan fingerprint density at radius 1 is 1.03 bits per heavy atom. The second-order valence-corrected chi connectivity index (χ2v) is 7.51. The van der Waals surface area contributed by atoms with Gasteiger partial charge >= 0.3 is 11.9 Å². The van der Waals surface area contributed by atoms with Crippen molar-refractivity contribution in [3.8, 4) is 0 Å². The first-order valence-corrected chi connectivity index (χ1v) is 10.4. The van der Waals surface area contributed by atoms with Crippen molar-refractivity contribution in [3.05, 3.63) is 59.5 Å². The highest BCUT2D eigenvalue weighted by atomic mass is 16.4. The number of hydrogen-bond acceptors (Lipinski definition) is 5. The fourth-order valence-corrected chi connectivity index (χ4v) is 3.54. The van der Waals surface area contributed by atoms with Gasteiger partial charge in [0.05, 0.1) is 6.54 Å². The van der Waals surface area contributed by atoms with E-state index >= 15 is 0 Å². The van der Waals surface area contributed by atoms with Crippen molar-refractivity contribution in [2.45, 2.75) is 39.8 Å². The Balaban J connectivity index is 0.000000501. The lowest BCUT2D eigenvalue weighted by Crippen LogP contribution is -2.42. The quantitative estimate of drug-likeness (QED) is 0.678. The zero-order chi connectivity index (χ0) is 22.8. The van der Waals surface area contributed by atoms with Crippen molar-refractivity contribution in [1.29, 1.82) is 0 Å². The topological polar surface area (TPSA) is 111 Å². The monoisotopic (exact) mass is 430 g/mol. The minimum absolute atomic E-state index is 0.151. The van der Waals surface area contributed by atoms with Crippen LogP contribution in [-0.2, 0) is 27.5 Å². The maximum absolute atomic E-state index is 12.9. The van der Waals surface area contributed by atoms with Crippen LogP contribution in [0.2, 0.25) is 0 Å². The standard InChI is InChI=1S/C21H28N2O2.C2H2O4/c1-3-23(15-18-7-5-4-6-8-18)21(24)19-11-13-22(14-12-19)16-20-10-9-17(2)25-20;3-1(4)2(5)6/h4-10,19H,3,11-16H2,1-2H3;(H,3,4)(H,5,6). The summed E-state index contributed by atoms with van der Waals surface area (Å²) in [5.74, 6) is -1.22. The molecule has 0 saturated carbocycles. The van der Waals surface area contributed by atoms with Crippen LogP contribution in [0, 0.1) is 12.8 Å². The molecule has 0 spiro atoms. The molecule has 0 bridgehead atoms. The van der Waals surface area contributed by atoms with E-state index in [4.69, 9.17) is 24.2 Å². The van der Waals surface area contributed by atoms with E-state index in [1.807, 2.05) is 42.2 Å². The molecule has 1 aliphatic rings. The number of aliphatic carboxylic acids is 2. The number of aryl methyl sites for hydroxylation is 1. The van der Waals surface area contributed by atoms with Crippen molar-refractivity contribution >= 4 is 17.8 Å². The summed E-state index contributed by atoms with van der Waals surface area (Å²) < 4.78 is 5.67. The van der Waals surface area contributed by atoms with Gasteiger partial charge in [-0.25, -0.2) is 9.59 Å². The third-order valence-corrected chi connectivity index (χ3v) is 5.20. The average molecular weight is 431 g/mol. The van der Waals surface area contributed by atoms with Crippen molar-refractivity contribution in [1.82, 2.24) is 9.80 Å². The van der Waals surface area contributed by atoms with Crippen LogP contribution in [0.25, 0.3) is 0 Å². The molecule has 1 aromatic heterocycles. The smallest absolute Gasteiger partial charge is 0.414 e. The number of carbonyl (C=O) groups is 3. The van der Waals surface area contributed by atoms with Crippen LogP contribution >= 0.6 is 0 Å². The summed E-state index contributed by atoms with van der Waals surface area (Å²) in [7, 11) is 0. The predicted molar refractivity (Wildman–Crippen MR) is 114 cm³/mol. The number of piperidine rings is 1. The van der Waals surface area contributed by atoms with Crippen LogP contribution < -0.4 is 0 Å². The summed E-state index contributed by atoms with van der Waals surface area (Å²) in [4.78, 5) is 35.5. The molecule has 1 aromatic carbocycles. The van der Waals surface area contributed by atoms with Crippen LogP contribution in [0.1, 0.15) is 36.8 Å². The summed E-state index contributed by atoms with van der Waals surface area (Å²) in [6.45, 7) is 8.27. The van der Waals surface area contributed by atoms with E-state index in [2.05, 4.69) is 24.0 Å². The van der Waals surface area contributed by atoms with E-state index in [1.165, 1.54) is 5.56 Å². The molecule has 0 radical (unpaired) electrons. The van der Waals surface area contributed by atoms with Gasteiger partial charge in [-0.15, -0.1) is 0 Å². The Hall–Kier alpha value is -3.13. The van der Waals surface area contributed by atoms with E-state index in [0.29, 0.717) is 12.5 Å². The Kier molecular flexibility index (Phi) is 9.27. The van der Waals surface area contributed by atoms with Gasteiger partial charge in [-0.2, -0.15) is 0 Å². The summed E-state index contributed by atoms with van der Waals surface area (Å²) in [6, 6.07) is 14.3. The Morgan fingerprint density at radius 2 is 1.65 bits per heavy atom. The van der Waals surface area contributed by atoms with Crippen LogP contribution in [0.5, 0.6) is 0 Å². The fourth-order valence-electron chi connectivity index (χ4n) is 3.54. The fraction of sp³-hybridized carbons (Fsp3) is 0.435. The van der Waals surface area contributed by atoms with E-state index in [1.54, 1.807) is 0 Å². The summed E-state index contributed by atoms with van der Waals surface area (Å²) in [6.07, 6.45) is 1.87. The van der Waals surface area contributed by atoms with Crippen molar-refractivity contribution in [2.75, 3.05) is 19.6 Å². The molecule has 0 atom stereocenters. The molecule has 3 rings (SSSR count). The first-order chi connectivity index (χ1) is 14.8. The minimum Gasteiger partial charge on any atom is -0.473 e. The summed E-state index contributed by atoms with van der Waals surface area (Å²) >= 11 is 0. The molecular formula is C23H30N2O6. The third kappa shape index (κ3) is 7.90. The van der Waals surface area contributed by atoms with E-state index in [-0.39, 0.29) is 5.92 Å². The second kappa shape index (κ2) is 11.9. The van der Waals surface area contributed by atoms with Gasteiger partial charge in [-0.05, 0) is 57.5 Å². The normalized spacial score (nSPS) is 14.4. The average Bonchev–Trinajstić information content (AvgIpc) is 3.17. The van der Waals surface area contributed by atoms with Crippen molar-refractivity contribution < 1.29 is 29.0 Å². The predicted octanol–water partition coefficient (Wildman–Crippen LogP) is 3.00. The lowest BCUT2D eigenvalue weighted by atomic mass is 9.95. The third-order valence-electron chi connectivity index (χ3n) is 5.20. The lowest BCUT2D eigenvalue weighted by molar-refractivity contribution is -0.159. The largest absolute Gasteiger partial charge is 0.473 e. The molecule has 8 nitrogen and oxygen atoms in total. The Bertz CT molecular complexity index is 844. The molecule has 0 aliphatic carbocycles. The van der Waals surface area contributed by atoms with Gasteiger partial charge in [0.2, 0.25) is 5.91 Å².